The average molecular weight is 394 g/mol. The second-order valence-electron chi connectivity index (χ2n) is 7.46. The molecular formula is C23H26N2O4. The third kappa shape index (κ3) is 4.21. The van der Waals surface area contributed by atoms with E-state index in [1.54, 1.807) is 7.11 Å². The Balaban J connectivity index is 1.26. The lowest BCUT2D eigenvalue weighted by Crippen LogP contribution is -2.51. The van der Waals surface area contributed by atoms with Gasteiger partial charge in [0.1, 0.15) is 24.0 Å². The van der Waals surface area contributed by atoms with Crippen molar-refractivity contribution in [3.05, 3.63) is 59.7 Å². The first-order valence-corrected chi connectivity index (χ1v) is 10.1. The molecule has 1 unspecified atom stereocenters. The van der Waals surface area contributed by atoms with Crippen LogP contribution in [0.4, 0.5) is 0 Å². The molecule has 0 N–H and O–H groups in total. The molecule has 0 spiro atoms. The Kier molecular flexibility index (Phi) is 5.69. The fraction of sp³-hybridized carbons (Fsp3) is 0.391. The Morgan fingerprint density at radius 2 is 1.69 bits per heavy atom. The molecule has 6 nitrogen and oxygen atoms in total. The topological polar surface area (TPSA) is 59.1 Å². The van der Waals surface area contributed by atoms with Crippen LogP contribution in [0.5, 0.6) is 11.5 Å². The van der Waals surface area contributed by atoms with Gasteiger partial charge in [-0.05, 0) is 30.2 Å². The Labute approximate surface area is 171 Å². The molecule has 2 aliphatic rings. The van der Waals surface area contributed by atoms with E-state index in [1.807, 2.05) is 58.3 Å². The number of benzene rings is 2. The minimum absolute atomic E-state index is 0.0975. The van der Waals surface area contributed by atoms with Gasteiger partial charge in [-0.3, -0.25) is 9.59 Å². The average Bonchev–Trinajstić information content (AvgIpc) is 3.21. The summed E-state index contributed by atoms with van der Waals surface area (Å²) in [6.45, 7) is 2.72. The molecule has 0 saturated carbocycles. The van der Waals surface area contributed by atoms with E-state index in [2.05, 4.69) is 0 Å². The van der Waals surface area contributed by atoms with Crippen molar-refractivity contribution in [2.75, 3.05) is 39.9 Å². The van der Waals surface area contributed by atoms with Crippen molar-refractivity contribution < 1.29 is 19.1 Å². The Hall–Kier alpha value is -3.02. The summed E-state index contributed by atoms with van der Waals surface area (Å²) in [7, 11) is 1.64. The number of hydrogen-bond donors (Lipinski definition) is 0. The molecular weight excluding hydrogens is 368 g/mol. The van der Waals surface area contributed by atoms with E-state index in [0.29, 0.717) is 45.6 Å². The molecule has 4 rings (SSSR count). The van der Waals surface area contributed by atoms with Gasteiger partial charge in [0.25, 0.3) is 0 Å². The summed E-state index contributed by atoms with van der Waals surface area (Å²) in [5, 5.41) is 0. The zero-order chi connectivity index (χ0) is 20.2. The van der Waals surface area contributed by atoms with Crippen LogP contribution in [0.3, 0.4) is 0 Å². The maximum Gasteiger partial charge on any atom is 0.233 e. The number of fused-ring (bicyclic) bond motifs is 1. The SMILES string of the molecule is COc1ccc(CCC(=O)N2CCN(C(=O)C3COc4ccccc43)CC2)cc1. The monoisotopic (exact) mass is 394 g/mol. The first-order valence-electron chi connectivity index (χ1n) is 10.1. The van der Waals surface area contributed by atoms with Gasteiger partial charge in [-0.15, -0.1) is 0 Å². The number of para-hydroxylation sites is 1. The highest BCUT2D eigenvalue weighted by Crippen LogP contribution is 2.34. The van der Waals surface area contributed by atoms with Crippen LogP contribution in [0.2, 0.25) is 0 Å². The summed E-state index contributed by atoms with van der Waals surface area (Å²) in [6.07, 6.45) is 1.18. The molecule has 1 fully saturated rings. The van der Waals surface area contributed by atoms with Crippen molar-refractivity contribution in [3.63, 3.8) is 0 Å². The molecule has 1 atom stereocenters. The highest BCUT2D eigenvalue weighted by Gasteiger charge is 2.34. The van der Waals surface area contributed by atoms with E-state index in [0.717, 1.165) is 22.6 Å². The van der Waals surface area contributed by atoms with Crippen molar-refractivity contribution in [2.45, 2.75) is 18.8 Å². The molecule has 6 heteroatoms. The summed E-state index contributed by atoms with van der Waals surface area (Å²) >= 11 is 0. The number of nitrogens with zero attached hydrogens (tertiary/aromatic N) is 2. The van der Waals surface area contributed by atoms with E-state index >= 15 is 0 Å². The van der Waals surface area contributed by atoms with Crippen LogP contribution in [0.25, 0.3) is 0 Å². The summed E-state index contributed by atoms with van der Waals surface area (Å²) in [4.78, 5) is 29.2. The fourth-order valence-corrected chi connectivity index (χ4v) is 3.97. The molecule has 0 radical (unpaired) electrons. The van der Waals surface area contributed by atoms with Gasteiger partial charge < -0.3 is 19.3 Å². The fourth-order valence-electron chi connectivity index (χ4n) is 3.97. The van der Waals surface area contributed by atoms with Crippen LogP contribution in [0, 0.1) is 0 Å². The molecule has 2 aliphatic heterocycles. The lowest BCUT2D eigenvalue weighted by molar-refractivity contribution is -0.140. The lowest BCUT2D eigenvalue weighted by atomic mass is 9.99. The van der Waals surface area contributed by atoms with Gasteiger partial charge in [-0.2, -0.15) is 0 Å². The van der Waals surface area contributed by atoms with Crippen molar-refractivity contribution >= 4 is 11.8 Å². The van der Waals surface area contributed by atoms with E-state index < -0.39 is 0 Å². The zero-order valence-electron chi connectivity index (χ0n) is 16.7. The van der Waals surface area contributed by atoms with Crippen LogP contribution in [0.1, 0.15) is 23.5 Å². The first kappa shape index (κ1) is 19.3. The van der Waals surface area contributed by atoms with Gasteiger partial charge in [0.2, 0.25) is 11.8 Å². The van der Waals surface area contributed by atoms with Gasteiger partial charge in [0, 0.05) is 38.2 Å². The zero-order valence-corrected chi connectivity index (χ0v) is 16.7. The van der Waals surface area contributed by atoms with Crippen molar-refractivity contribution in [1.82, 2.24) is 9.80 Å². The maximum absolute atomic E-state index is 12.9. The molecule has 29 heavy (non-hydrogen) atoms. The lowest BCUT2D eigenvalue weighted by Gasteiger charge is -2.36. The third-order valence-corrected chi connectivity index (χ3v) is 5.73. The second-order valence-corrected chi connectivity index (χ2v) is 7.46. The van der Waals surface area contributed by atoms with Crippen LogP contribution in [-0.4, -0.2) is 61.5 Å². The molecule has 2 aromatic carbocycles. The summed E-state index contributed by atoms with van der Waals surface area (Å²) in [5.41, 5.74) is 2.09. The molecule has 0 aliphatic carbocycles. The number of piperazine rings is 1. The molecule has 2 heterocycles. The number of carbonyl (C=O) groups is 2. The number of rotatable bonds is 5. The first-order chi connectivity index (χ1) is 14.2. The molecule has 2 amide bonds. The molecule has 0 bridgehead atoms. The number of aryl methyl sites for hydroxylation is 1. The second kappa shape index (κ2) is 8.55. The smallest absolute Gasteiger partial charge is 0.233 e. The summed E-state index contributed by atoms with van der Waals surface area (Å²) < 4.78 is 10.8. The maximum atomic E-state index is 12.9. The van der Waals surface area contributed by atoms with Gasteiger partial charge in [0.05, 0.1) is 7.11 Å². The van der Waals surface area contributed by atoms with Crippen molar-refractivity contribution in [3.8, 4) is 11.5 Å². The van der Waals surface area contributed by atoms with Gasteiger partial charge in [-0.25, -0.2) is 0 Å². The summed E-state index contributed by atoms with van der Waals surface area (Å²) in [5.74, 6) is 1.63. The number of amides is 2. The van der Waals surface area contributed by atoms with Crippen LogP contribution >= 0.6 is 0 Å². The van der Waals surface area contributed by atoms with Gasteiger partial charge in [-0.1, -0.05) is 30.3 Å². The van der Waals surface area contributed by atoms with Gasteiger partial charge >= 0.3 is 0 Å². The van der Waals surface area contributed by atoms with Gasteiger partial charge in [0.15, 0.2) is 0 Å². The predicted octanol–water partition coefficient (Wildman–Crippen LogP) is 2.47. The predicted molar refractivity (Wildman–Crippen MR) is 109 cm³/mol. The number of methoxy groups -OCH3 is 1. The Bertz CT molecular complexity index is 873. The highest BCUT2D eigenvalue weighted by atomic mass is 16.5. The van der Waals surface area contributed by atoms with Crippen molar-refractivity contribution in [1.29, 1.82) is 0 Å². The number of hydrogen-bond acceptors (Lipinski definition) is 4. The molecule has 1 saturated heterocycles. The Morgan fingerprint density at radius 1 is 1.00 bits per heavy atom. The minimum atomic E-state index is -0.233. The minimum Gasteiger partial charge on any atom is -0.497 e. The largest absolute Gasteiger partial charge is 0.497 e. The molecule has 152 valence electrons. The standard InChI is InChI=1S/C23H26N2O4/c1-28-18-9-6-17(7-10-18)8-11-22(26)24-12-14-25(15-13-24)23(27)20-16-29-21-5-3-2-4-19(20)21/h2-7,9-10,20H,8,11-16H2,1H3. The number of ether oxygens (including phenoxy) is 2. The van der Waals surface area contributed by atoms with Crippen LogP contribution in [-0.2, 0) is 16.0 Å². The van der Waals surface area contributed by atoms with E-state index in [9.17, 15) is 9.59 Å². The van der Waals surface area contributed by atoms with E-state index in [-0.39, 0.29) is 17.7 Å². The van der Waals surface area contributed by atoms with Crippen molar-refractivity contribution in [2.24, 2.45) is 0 Å². The Morgan fingerprint density at radius 3 is 2.41 bits per heavy atom. The van der Waals surface area contributed by atoms with E-state index in [1.165, 1.54) is 0 Å². The molecule has 2 aromatic rings. The van der Waals surface area contributed by atoms with Crippen LogP contribution in [0.15, 0.2) is 48.5 Å². The van der Waals surface area contributed by atoms with E-state index in [4.69, 9.17) is 9.47 Å². The summed E-state index contributed by atoms with van der Waals surface area (Å²) in [6, 6.07) is 15.5. The van der Waals surface area contributed by atoms with Crippen LogP contribution < -0.4 is 9.47 Å². The third-order valence-electron chi connectivity index (χ3n) is 5.73. The normalized spacial score (nSPS) is 18.2. The highest BCUT2D eigenvalue weighted by molar-refractivity contribution is 5.86. The molecule has 0 aromatic heterocycles. The quantitative estimate of drug-likeness (QED) is 0.782. The number of carbonyl (C=O) groups excluding carboxylic acids is 2.